The zero-order chi connectivity index (χ0) is 15.0. The van der Waals surface area contributed by atoms with Crippen LogP contribution in [0, 0.1) is 5.92 Å². The van der Waals surface area contributed by atoms with Gasteiger partial charge in [-0.25, -0.2) is 0 Å². The number of aliphatic hydroxyl groups is 1. The fourth-order valence-electron chi connectivity index (χ4n) is 2.09. The van der Waals surface area contributed by atoms with Crippen molar-refractivity contribution in [2.45, 2.75) is 52.7 Å². The SMILES string of the molecule is CCCC(C)COCC(O)c1ccc(OC(C)C)cc1. The summed E-state index contributed by atoms with van der Waals surface area (Å²) < 4.78 is 11.2. The summed E-state index contributed by atoms with van der Waals surface area (Å²) in [6, 6.07) is 7.55. The topological polar surface area (TPSA) is 38.7 Å². The summed E-state index contributed by atoms with van der Waals surface area (Å²) in [5.41, 5.74) is 0.865. The monoisotopic (exact) mass is 280 g/mol. The van der Waals surface area contributed by atoms with Crippen LogP contribution in [0.15, 0.2) is 24.3 Å². The van der Waals surface area contributed by atoms with Gasteiger partial charge in [-0.15, -0.1) is 0 Å². The highest BCUT2D eigenvalue weighted by Crippen LogP contribution is 2.19. The largest absolute Gasteiger partial charge is 0.491 e. The molecule has 0 aliphatic heterocycles. The second kappa shape index (κ2) is 8.98. The highest BCUT2D eigenvalue weighted by atomic mass is 16.5. The molecule has 20 heavy (non-hydrogen) atoms. The molecule has 1 aromatic rings. The second-order valence-electron chi connectivity index (χ2n) is 5.68. The molecule has 114 valence electrons. The van der Waals surface area contributed by atoms with Crippen LogP contribution in [-0.4, -0.2) is 24.4 Å². The lowest BCUT2D eigenvalue weighted by molar-refractivity contribution is 0.0215. The van der Waals surface area contributed by atoms with E-state index in [2.05, 4.69) is 13.8 Å². The van der Waals surface area contributed by atoms with E-state index in [4.69, 9.17) is 9.47 Å². The summed E-state index contributed by atoms with van der Waals surface area (Å²) in [7, 11) is 0. The molecule has 3 heteroatoms. The van der Waals surface area contributed by atoms with Crippen LogP contribution in [0.3, 0.4) is 0 Å². The minimum Gasteiger partial charge on any atom is -0.491 e. The average molecular weight is 280 g/mol. The molecule has 0 aliphatic carbocycles. The molecule has 2 atom stereocenters. The van der Waals surface area contributed by atoms with Crippen LogP contribution in [0.1, 0.15) is 52.2 Å². The summed E-state index contributed by atoms with van der Waals surface area (Å²) in [6.45, 7) is 9.39. The maximum atomic E-state index is 10.1. The number of hydrogen-bond donors (Lipinski definition) is 1. The Morgan fingerprint density at radius 2 is 1.70 bits per heavy atom. The van der Waals surface area contributed by atoms with Crippen LogP contribution < -0.4 is 4.74 Å². The Labute approximate surface area is 122 Å². The van der Waals surface area contributed by atoms with Gasteiger partial charge in [-0.1, -0.05) is 32.4 Å². The lowest BCUT2D eigenvalue weighted by Gasteiger charge is -2.15. The molecular weight excluding hydrogens is 252 g/mol. The number of ether oxygens (including phenoxy) is 2. The fraction of sp³-hybridized carbons (Fsp3) is 0.647. The third kappa shape index (κ3) is 6.40. The first-order chi connectivity index (χ1) is 9.52. The molecule has 2 unspecified atom stereocenters. The summed E-state index contributed by atoms with van der Waals surface area (Å²) >= 11 is 0. The second-order valence-corrected chi connectivity index (χ2v) is 5.68. The number of benzene rings is 1. The molecule has 0 amide bonds. The van der Waals surface area contributed by atoms with E-state index >= 15 is 0 Å². The van der Waals surface area contributed by atoms with E-state index in [-0.39, 0.29) is 6.10 Å². The van der Waals surface area contributed by atoms with Gasteiger partial charge in [0.1, 0.15) is 11.9 Å². The Hall–Kier alpha value is -1.06. The zero-order valence-corrected chi connectivity index (χ0v) is 13.1. The van der Waals surface area contributed by atoms with Crippen molar-refractivity contribution in [1.29, 1.82) is 0 Å². The molecule has 0 saturated carbocycles. The molecule has 0 saturated heterocycles. The van der Waals surface area contributed by atoms with Gasteiger partial charge >= 0.3 is 0 Å². The van der Waals surface area contributed by atoms with Gasteiger partial charge in [0, 0.05) is 6.61 Å². The molecule has 0 aliphatic rings. The van der Waals surface area contributed by atoms with Crippen LogP contribution in [0.2, 0.25) is 0 Å². The molecule has 0 bridgehead atoms. The number of aliphatic hydroxyl groups excluding tert-OH is 1. The Balaban J connectivity index is 2.37. The van der Waals surface area contributed by atoms with Gasteiger partial charge in [-0.2, -0.15) is 0 Å². The Kier molecular flexibility index (Phi) is 7.63. The van der Waals surface area contributed by atoms with Gasteiger partial charge in [0.2, 0.25) is 0 Å². The van der Waals surface area contributed by atoms with Crippen molar-refractivity contribution in [1.82, 2.24) is 0 Å². The minimum atomic E-state index is -0.572. The van der Waals surface area contributed by atoms with E-state index in [0.29, 0.717) is 19.1 Å². The van der Waals surface area contributed by atoms with Crippen molar-refractivity contribution in [2.75, 3.05) is 13.2 Å². The lowest BCUT2D eigenvalue weighted by atomic mass is 10.1. The van der Waals surface area contributed by atoms with Crippen LogP contribution in [-0.2, 0) is 4.74 Å². The maximum Gasteiger partial charge on any atom is 0.119 e. The summed E-state index contributed by atoms with van der Waals surface area (Å²) in [6.07, 6.45) is 1.92. The van der Waals surface area contributed by atoms with E-state index < -0.39 is 6.10 Å². The van der Waals surface area contributed by atoms with Crippen LogP contribution in [0.5, 0.6) is 5.75 Å². The van der Waals surface area contributed by atoms with E-state index in [0.717, 1.165) is 17.7 Å². The highest BCUT2D eigenvalue weighted by molar-refractivity contribution is 5.28. The van der Waals surface area contributed by atoms with Gasteiger partial charge < -0.3 is 14.6 Å². The number of hydrogen-bond acceptors (Lipinski definition) is 3. The molecule has 0 spiro atoms. The third-order valence-corrected chi connectivity index (χ3v) is 3.10. The lowest BCUT2D eigenvalue weighted by Crippen LogP contribution is -2.12. The minimum absolute atomic E-state index is 0.161. The third-order valence-electron chi connectivity index (χ3n) is 3.10. The molecule has 0 fully saturated rings. The van der Waals surface area contributed by atoms with Crippen molar-refractivity contribution in [2.24, 2.45) is 5.92 Å². The summed E-state index contributed by atoms with van der Waals surface area (Å²) in [4.78, 5) is 0. The molecule has 0 aromatic heterocycles. The molecular formula is C17H28O3. The first-order valence-corrected chi connectivity index (χ1v) is 7.55. The first kappa shape index (κ1) is 17.0. The highest BCUT2D eigenvalue weighted by Gasteiger charge is 2.09. The van der Waals surface area contributed by atoms with Gasteiger partial charge in [0.15, 0.2) is 0 Å². The van der Waals surface area contributed by atoms with Crippen molar-refractivity contribution in [3.8, 4) is 5.75 Å². The quantitative estimate of drug-likeness (QED) is 0.744. The van der Waals surface area contributed by atoms with Crippen LogP contribution in [0.25, 0.3) is 0 Å². The van der Waals surface area contributed by atoms with E-state index in [1.165, 1.54) is 6.42 Å². The zero-order valence-electron chi connectivity index (χ0n) is 13.1. The van der Waals surface area contributed by atoms with E-state index in [1.807, 2.05) is 38.1 Å². The Morgan fingerprint density at radius 1 is 1.05 bits per heavy atom. The average Bonchev–Trinajstić information content (AvgIpc) is 2.39. The van der Waals surface area contributed by atoms with Crippen molar-refractivity contribution in [3.63, 3.8) is 0 Å². The molecule has 0 heterocycles. The fourth-order valence-corrected chi connectivity index (χ4v) is 2.09. The van der Waals surface area contributed by atoms with Gasteiger partial charge in [0.05, 0.1) is 12.7 Å². The van der Waals surface area contributed by atoms with Gasteiger partial charge in [-0.3, -0.25) is 0 Å². The van der Waals surface area contributed by atoms with Crippen molar-refractivity contribution < 1.29 is 14.6 Å². The van der Waals surface area contributed by atoms with Crippen molar-refractivity contribution in [3.05, 3.63) is 29.8 Å². The standard InChI is InChI=1S/C17H28O3/c1-5-6-14(4)11-19-12-17(18)15-7-9-16(10-8-15)20-13(2)3/h7-10,13-14,17-18H,5-6,11-12H2,1-4H3. The van der Waals surface area contributed by atoms with Crippen LogP contribution in [0.4, 0.5) is 0 Å². The predicted octanol–water partition coefficient (Wildman–Crippen LogP) is 3.96. The predicted molar refractivity (Wildman–Crippen MR) is 82.1 cm³/mol. The summed E-state index contributed by atoms with van der Waals surface area (Å²) in [5.74, 6) is 1.38. The molecule has 1 rings (SSSR count). The van der Waals surface area contributed by atoms with Gasteiger partial charge in [0.25, 0.3) is 0 Å². The smallest absolute Gasteiger partial charge is 0.119 e. The molecule has 3 nitrogen and oxygen atoms in total. The van der Waals surface area contributed by atoms with Crippen molar-refractivity contribution >= 4 is 0 Å². The van der Waals surface area contributed by atoms with Crippen LogP contribution >= 0.6 is 0 Å². The molecule has 0 radical (unpaired) electrons. The maximum absolute atomic E-state index is 10.1. The van der Waals surface area contributed by atoms with E-state index in [9.17, 15) is 5.11 Å². The van der Waals surface area contributed by atoms with Gasteiger partial charge in [-0.05, 0) is 43.9 Å². The normalized spacial score (nSPS) is 14.3. The molecule has 1 N–H and O–H groups in total. The first-order valence-electron chi connectivity index (χ1n) is 7.55. The summed E-state index contributed by atoms with van der Waals surface area (Å²) in [5, 5.41) is 10.1. The van der Waals surface area contributed by atoms with E-state index in [1.54, 1.807) is 0 Å². The Morgan fingerprint density at radius 3 is 2.25 bits per heavy atom. The molecule has 1 aromatic carbocycles. The number of rotatable bonds is 9. The Bertz CT molecular complexity index is 359.